The maximum Gasteiger partial charge on any atom is 0.133 e. The van der Waals surface area contributed by atoms with Crippen LogP contribution in [0.5, 0.6) is 11.5 Å². The summed E-state index contributed by atoms with van der Waals surface area (Å²) in [5.74, 6) is 1.75. The molecule has 0 unspecified atom stereocenters. The van der Waals surface area contributed by atoms with Crippen LogP contribution in [0, 0.1) is 13.8 Å². The van der Waals surface area contributed by atoms with Crippen LogP contribution in [-0.2, 0) is 13.2 Å². The Morgan fingerprint density at radius 1 is 1.05 bits per heavy atom. The lowest BCUT2D eigenvalue weighted by molar-refractivity contribution is 0.301. The molecule has 2 N–H and O–H groups in total. The molecule has 0 aliphatic rings. The SMILES string of the molecule is COc1ccc(COc2c(C)cc(CN)cc2C)cc1Br. The average Bonchev–Trinajstić information content (AvgIpc) is 2.46. The predicted molar refractivity (Wildman–Crippen MR) is 88.8 cm³/mol. The highest BCUT2D eigenvalue weighted by Crippen LogP contribution is 2.28. The third-order valence-electron chi connectivity index (χ3n) is 3.36. The van der Waals surface area contributed by atoms with Gasteiger partial charge in [0.25, 0.3) is 0 Å². The summed E-state index contributed by atoms with van der Waals surface area (Å²) in [6, 6.07) is 10.1. The molecule has 0 aliphatic heterocycles. The maximum absolute atomic E-state index is 5.98. The molecule has 0 heterocycles. The van der Waals surface area contributed by atoms with E-state index in [0.29, 0.717) is 13.2 Å². The minimum absolute atomic E-state index is 0.520. The summed E-state index contributed by atoms with van der Waals surface area (Å²) in [6.07, 6.45) is 0. The van der Waals surface area contributed by atoms with E-state index in [0.717, 1.165) is 38.2 Å². The molecule has 0 radical (unpaired) electrons. The van der Waals surface area contributed by atoms with Crippen LogP contribution in [0.2, 0.25) is 0 Å². The molecule has 0 aliphatic carbocycles. The van der Waals surface area contributed by atoms with Crippen molar-refractivity contribution in [3.63, 3.8) is 0 Å². The van der Waals surface area contributed by atoms with Crippen LogP contribution in [0.3, 0.4) is 0 Å². The average molecular weight is 350 g/mol. The van der Waals surface area contributed by atoms with E-state index in [2.05, 4.69) is 28.1 Å². The van der Waals surface area contributed by atoms with Gasteiger partial charge >= 0.3 is 0 Å². The van der Waals surface area contributed by atoms with Gasteiger partial charge in [0.2, 0.25) is 0 Å². The second kappa shape index (κ2) is 6.96. The molecule has 3 nitrogen and oxygen atoms in total. The highest BCUT2D eigenvalue weighted by molar-refractivity contribution is 9.10. The van der Waals surface area contributed by atoms with Crippen molar-refractivity contribution in [3.05, 3.63) is 57.1 Å². The monoisotopic (exact) mass is 349 g/mol. The van der Waals surface area contributed by atoms with Crippen LogP contribution < -0.4 is 15.2 Å². The van der Waals surface area contributed by atoms with E-state index in [9.17, 15) is 0 Å². The normalized spacial score (nSPS) is 10.5. The molecule has 21 heavy (non-hydrogen) atoms. The molecule has 2 aromatic rings. The summed E-state index contributed by atoms with van der Waals surface area (Å²) < 4.78 is 12.1. The quantitative estimate of drug-likeness (QED) is 0.883. The van der Waals surface area contributed by atoms with E-state index in [1.54, 1.807) is 7.11 Å². The molecule has 0 saturated carbocycles. The number of nitrogens with two attached hydrogens (primary N) is 1. The van der Waals surface area contributed by atoms with E-state index in [1.807, 2.05) is 32.0 Å². The Morgan fingerprint density at radius 2 is 1.71 bits per heavy atom. The molecule has 2 aromatic carbocycles. The van der Waals surface area contributed by atoms with Gasteiger partial charge in [-0.25, -0.2) is 0 Å². The van der Waals surface area contributed by atoms with Crippen LogP contribution in [0.1, 0.15) is 22.3 Å². The van der Waals surface area contributed by atoms with Crippen molar-refractivity contribution < 1.29 is 9.47 Å². The van der Waals surface area contributed by atoms with Crippen molar-refractivity contribution in [2.24, 2.45) is 5.73 Å². The van der Waals surface area contributed by atoms with Crippen LogP contribution in [0.4, 0.5) is 0 Å². The van der Waals surface area contributed by atoms with Gasteiger partial charge in [-0.15, -0.1) is 0 Å². The van der Waals surface area contributed by atoms with Crippen LogP contribution in [0.15, 0.2) is 34.8 Å². The van der Waals surface area contributed by atoms with Crippen LogP contribution in [0.25, 0.3) is 0 Å². The molecule has 0 spiro atoms. The number of benzene rings is 2. The van der Waals surface area contributed by atoms with Crippen molar-refractivity contribution in [2.75, 3.05) is 7.11 Å². The highest BCUT2D eigenvalue weighted by Gasteiger charge is 2.07. The fourth-order valence-corrected chi connectivity index (χ4v) is 2.93. The largest absolute Gasteiger partial charge is 0.496 e. The third kappa shape index (κ3) is 3.77. The number of ether oxygens (including phenoxy) is 2. The van der Waals surface area contributed by atoms with Gasteiger partial charge in [0, 0.05) is 6.54 Å². The molecule has 0 fully saturated rings. The number of methoxy groups -OCH3 is 1. The summed E-state index contributed by atoms with van der Waals surface area (Å²) in [5, 5.41) is 0. The molecular formula is C17H20BrNO2. The van der Waals surface area contributed by atoms with Gasteiger partial charge in [-0.2, -0.15) is 0 Å². The summed E-state index contributed by atoms with van der Waals surface area (Å²) in [4.78, 5) is 0. The molecule has 112 valence electrons. The summed E-state index contributed by atoms with van der Waals surface area (Å²) in [5.41, 5.74) is 10.1. The standard InChI is InChI=1S/C17H20BrNO2/c1-11-6-14(9-19)7-12(2)17(11)21-10-13-4-5-16(20-3)15(18)8-13/h4-8H,9-10,19H2,1-3H3. The fraction of sp³-hybridized carbons (Fsp3) is 0.294. The molecule has 0 atom stereocenters. The van der Waals surface area contributed by atoms with E-state index in [4.69, 9.17) is 15.2 Å². The van der Waals surface area contributed by atoms with Crippen molar-refractivity contribution in [1.82, 2.24) is 0 Å². The number of rotatable bonds is 5. The van der Waals surface area contributed by atoms with Crippen molar-refractivity contribution in [3.8, 4) is 11.5 Å². The topological polar surface area (TPSA) is 44.5 Å². The van der Waals surface area contributed by atoms with Crippen LogP contribution in [-0.4, -0.2) is 7.11 Å². The van der Waals surface area contributed by atoms with Gasteiger partial charge in [-0.3, -0.25) is 0 Å². The summed E-state index contributed by atoms with van der Waals surface area (Å²) >= 11 is 3.49. The lowest BCUT2D eigenvalue weighted by Crippen LogP contribution is -2.02. The summed E-state index contributed by atoms with van der Waals surface area (Å²) in [6.45, 7) is 5.16. The number of aryl methyl sites for hydroxylation is 2. The second-order valence-electron chi connectivity index (χ2n) is 5.02. The number of hydrogen-bond donors (Lipinski definition) is 1. The van der Waals surface area contributed by atoms with Gasteiger partial charge in [0.1, 0.15) is 18.1 Å². The zero-order chi connectivity index (χ0) is 15.4. The first-order valence-corrected chi connectivity index (χ1v) is 7.60. The van der Waals surface area contributed by atoms with Crippen molar-refractivity contribution in [1.29, 1.82) is 0 Å². The molecule has 2 rings (SSSR count). The zero-order valence-electron chi connectivity index (χ0n) is 12.6. The Labute approximate surface area is 134 Å². The van der Waals surface area contributed by atoms with Gasteiger partial charge in [0.05, 0.1) is 11.6 Å². The predicted octanol–water partition coefficient (Wildman–Crippen LogP) is 4.11. The lowest BCUT2D eigenvalue weighted by atomic mass is 10.1. The van der Waals surface area contributed by atoms with Gasteiger partial charge < -0.3 is 15.2 Å². The minimum atomic E-state index is 0.520. The Balaban J connectivity index is 2.15. The summed E-state index contributed by atoms with van der Waals surface area (Å²) in [7, 11) is 1.65. The molecular weight excluding hydrogens is 330 g/mol. The molecule has 0 amide bonds. The fourth-order valence-electron chi connectivity index (χ4n) is 2.34. The molecule has 0 aromatic heterocycles. The van der Waals surface area contributed by atoms with Crippen LogP contribution >= 0.6 is 15.9 Å². The van der Waals surface area contributed by atoms with Gasteiger partial charge in [0.15, 0.2) is 0 Å². The van der Waals surface area contributed by atoms with E-state index < -0.39 is 0 Å². The van der Waals surface area contributed by atoms with E-state index in [1.165, 1.54) is 0 Å². The Bertz CT molecular complexity index is 618. The highest BCUT2D eigenvalue weighted by atomic mass is 79.9. The van der Waals surface area contributed by atoms with Crippen molar-refractivity contribution in [2.45, 2.75) is 27.0 Å². The van der Waals surface area contributed by atoms with E-state index in [-0.39, 0.29) is 0 Å². The van der Waals surface area contributed by atoms with Gasteiger partial charge in [-0.05, 0) is 64.2 Å². The Kier molecular flexibility index (Phi) is 5.26. The van der Waals surface area contributed by atoms with E-state index >= 15 is 0 Å². The number of hydrogen-bond acceptors (Lipinski definition) is 3. The first-order chi connectivity index (χ1) is 10.0. The molecule has 0 saturated heterocycles. The van der Waals surface area contributed by atoms with Gasteiger partial charge in [-0.1, -0.05) is 18.2 Å². The minimum Gasteiger partial charge on any atom is -0.496 e. The molecule has 4 heteroatoms. The number of halogens is 1. The maximum atomic E-state index is 5.98. The smallest absolute Gasteiger partial charge is 0.133 e. The second-order valence-corrected chi connectivity index (χ2v) is 5.87. The lowest BCUT2D eigenvalue weighted by Gasteiger charge is -2.14. The third-order valence-corrected chi connectivity index (χ3v) is 3.97. The van der Waals surface area contributed by atoms with Crippen molar-refractivity contribution >= 4 is 15.9 Å². The first-order valence-electron chi connectivity index (χ1n) is 6.80. The zero-order valence-corrected chi connectivity index (χ0v) is 14.2. The Morgan fingerprint density at radius 3 is 2.24 bits per heavy atom. The molecule has 0 bridgehead atoms. The first kappa shape index (κ1) is 15.9. The Hall–Kier alpha value is -1.52.